The minimum absolute atomic E-state index is 0.0674. The Morgan fingerprint density at radius 2 is 2.12 bits per heavy atom. The molecule has 0 aliphatic heterocycles. The Morgan fingerprint density at radius 3 is 2.59 bits per heavy atom. The van der Waals surface area contributed by atoms with Gasteiger partial charge in [0.05, 0.1) is 10.6 Å². The molecule has 0 aliphatic rings. The number of nitrogens with zero attached hydrogens (tertiary/aromatic N) is 3. The van der Waals surface area contributed by atoms with Crippen molar-refractivity contribution in [3.8, 4) is 0 Å². The molecule has 1 aromatic rings. The molecule has 4 nitrogen and oxygen atoms in total. The molecule has 1 N–H and O–H groups in total. The van der Waals surface area contributed by atoms with Crippen molar-refractivity contribution in [2.75, 3.05) is 19.5 Å². The lowest BCUT2D eigenvalue weighted by atomic mass is 10.3. The van der Waals surface area contributed by atoms with E-state index in [-0.39, 0.29) is 10.8 Å². The third-order valence-electron chi connectivity index (χ3n) is 1.63. The fourth-order valence-corrected chi connectivity index (χ4v) is 1.09. The van der Waals surface area contributed by atoms with Gasteiger partial charge in [-0.1, -0.05) is 11.6 Å². The monoisotopic (exact) mass is 266 g/mol. The maximum Gasteiger partial charge on any atom is 0.417 e. The molecule has 0 saturated heterocycles. The second-order valence-electron chi connectivity index (χ2n) is 3.37. The lowest BCUT2D eigenvalue weighted by molar-refractivity contribution is -0.137. The maximum absolute atomic E-state index is 12.3. The van der Waals surface area contributed by atoms with Crippen LogP contribution in [0.4, 0.5) is 19.0 Å². The number of nitrogens with one attached hydrogen (secondary N) is 1. The predicted molar refractivity (Wildman–Crippen MR) is 60.1 cm³/mol. The number of hydrogen-bond acceptors (Lipinski definition) is 3. The summed E-state index contributed by atoms with van der Waals surface area (Å²) in [6, 6.07) is 0.794. The van der Waals surface area contributed by atoms with E-state index in [1.807, 2.05) is 0 Å². The molecule has 8 heteroatoms. The zero-order valence-electron chi connectivity index (χ0n) is 9.09. The molecule has 0 aromatic carbocycles. The average Bonchev–Trinajstić information content (AvgIpc) is 2.18. The van der Waals surface area contributed by atoms with Gasteiger partial charge >= 0.3 is 6.18 Å². The highest BCUT2D eigenvalue weighted by atomic mass is 35.5. The summed E-state index contributed by atoms with van der Waals surface area (Å²) in [4.78, 5) is 5.19. The van der Waals surface area contributed by atoms with Gasteiger partial charge < -0.3 is 4.90 Å². The number of aromatic nitrogens is 1. The fraction of sp³-hybridized carbons (Fsp3) is 0.333. The highest BCUT2D eigenvalue weighted by Crippen LogP contribution is 2.32. The molecule has 1 rings (SSSR count). The van der Waals surface area contributed by atoms with Crippen LogP contribution in [0.1, 0.15) is 5.56 Å². The summed E-state index contributed by atoms with van der Waals surface area (Å²) in [5.74, 6) is 0.0674. The second-order valence-corrected chi connectivity index (χ2v) is 3.78. The number of halogens is 4. The van der Waals surface area contributed by atoms with Crippen LogP contribution in [0.15, 0.2) is 17.4 Å². The molecule has 1 heterocycles. The standard InChI is InChI=1S/C9H10ClF3N4/c1-17(2)5-15-16-8-7(10)3-6(4-14-8)9(11,12)13/h3-5H,1-2H3,(H,14,16). The van der Waals surface area contributed by atoms with E-state index in [0.717, 1.165) is 6.07 Å². The van der Waals surface area contributed by atoms with Gasteiger partial charge in [-0.05, 0) is 6.07 Å². The van der Waals surface area contributed by atoms with E-state index < -0.39 is 11.7 Å². The van der Waals surface area contributed by atoms with Crippen molar-refractivity contribution in [1.82, 2.24) is 9.88 Å². The van der Waals surface area contributed by atoms with Gasteiger partial charge in [0.25, 0.3) is 0 Å². The fourth-order valence-electron chi connectivity index (χ4n) is 0.881. The summed E-state index contributed by atoms with van der Waals surface area (Å²) >= 11 is 5.64. The molecule has 0 aliphatic carbocycles. The molecule has 1 aromatic heterocycles. The van der Waals surface area contributed by atoms with E-state index in [2.05, 4.69) is 15.5 Å². The minimum Gasteiger partial charge on any atom is -0.367 e. The number of pyridine rings is 1. The van der Waals surface area contributed by atoms with Crippen molar-refractivity contribution in [3.63, 3.8) is 0 Å². The largest absolute Gasteiger partial charge is 0.417 e. The van der Waals surface area contributed by atoms with Crippen LogP contribution in [0.2, 0.25) is 5.02 Å². The van der Waals surface area contributed by atoms with Crippen molar-refractivity contribution < 1.29 is 13.2 Å². The van der Waals surface area contributed by atoms with Crippen molar-refractivity contribution in [2.24, 2.45) is 5.10 Å². The molecule has 0 atom stereocenters. The Labute approximate surface area is 101 Å². The Hall–Kier alpha value is -1.50. The highest BCUT2D eigenvalue weighted by molar-refractivity contribution is 6.32. The lowest BCUT2D eigenvalue weighted by Gasteiger charge is -2.08. The van der Waals surface area contributed by atoms with Crippen LogP contribution >= 0.6 is 11.6 Å². The summed E-state index contributed by atoms with van der Waals surface area (Å²) in [5, 5.41) is 3.57. The van der Waals surface area contributed by atoms with Crippen LogP contribution in [0.5, 0.6) is 0 Å². The van der Waals surface area contributed by atoms with E-state index in [1.165, 1.54) is 6.34 Å². The smallest absolute Gasteiger partial charge is 0.367 e. The Morgan fingerprint density at radius 1 is 1.47 bits per heavy atom. The zero-order valence-corrected chi connectivity index (χ0v) is 9.84. The number of rotatable bonds is 3. The summed E-state index contributed by atoms with van der Waals surface area (Å²) in [5.41, 5.74) is 1.54. The van der Waals surface area contributed by atoms with Crippen LogP contribution in [0.3, 0.4) is 0 Å². The van der Waals surface area contributed by atoms with Crippen molar-refractivity contribution >= 4 is 23.8 Å². The van der Waals surface area contributed by atoms with Gasteiger partial charge in [-0.3, -0.25) is 5.43 Å². The van der Waals surface area contributed by atoms with Gasteiger partial charge in [0.1, 0.15) is 6.34 Å². The number of alkyl halides is 3. The molecule has 0 radical (unpaired) electrons. The van der Waals surface area contributed by atoms with E-state index in [4.69, 9.17) is 11.6 Å². The topological polar surface area (TPSA) is 40.5 Å². The Balaban J connectivity index is 2.84. The van der Waals surface area contributed by atoms with E-state index >= 15 is 0 Å². The zero-order chi connectivity index (χ0) is 13.1. The first-order valence-electron chi connectivity index (χ1n) is 4.49. The molecule has 0 amide bonds. The van der Waals surface area contributed by atoms with Crippen molar-refractivity contribution in [3.05, 3.63) is 22.8 Å². The first-order chi connectivity index (χ1) is 7.80. The van der Waals surface area contributed by atoms with Crippen LogP contribution in [0.25, 0.3) is 0 Å². The number of hydrogen-bond donors (Lipinski definition) is 1. The summed E-state index contributed by atoms with van der Waals surface area (Å²) in [7, 11) is 3.49. The number of hydrazone groups is 1. The second kappa shape index (κ2) is 5.22. The first kappa shape index (κ1) is 13.6. The molecule has 17 heavy (non-hydrogen) atoms. The van der Waals surface area contributed by atoms with Crippen LogP contribution in [-0.4, -0.2) is 30.3 Å². The third kappa shape index (κ3) is 4.10. The first-order valence-corrected chi connectivity index (χ1v) is 4.87. The van der Waals surface area contributed by atoms with Crippen molar-refractivity contribution in [1.29, 1.82) is 0 Å². The molecule has 94 valence electrons. The Bertz CT molecular complexity index is 417. The molecule has 0 spiro atoms. The molecule has 0 fully saturated rings. The van der Waals surface area contributed by atoms with Gasteiger partial charge in [-0.2, -0.15) is 18.3 Å². The summed E-state index contributed by atoms with van der Waals surface area (Å²) in [6.45, 7) is 0. The van der Waals surface area contributed by atoms with E-state index in [1.54, 1.807) is 19.0 Å². The SMILES string of the molecule is CN(C)C=NNc1ncc(C(F)(F)F)cc1Cl. The van der Waals surface area contributed by atoms with Crippen molar-refractivity contribution in [2.45, 2.75) is 6.18 Å². The third-order valence-corrected chi connectivity index (χ3v) is 1.92. The highest BCUT2D eigenvalue weighted by Gasteiger charge is 2.31. The molecule has 0 bridgehead atoms. The molecule has 0 saturated carbocycles. The Kier molecular flexibility index (Phi) is 4.17. The van der Waals surface area contributed by atoms with Crippen LogP contribution in [0, 0.1) is 0 Å². The molecule has 0 unspecified atom stereocenters. The normalized spacial score (nSPS) is 11.9. The number of anilines is 1. The van der Waals surface area contributed by atoms with Crippen LogP contribution in [-0.2, 0) is 6.18 Å². The summed E-state index contributed by atoms with van der Waals surface area (Å²) in [6.07, 6.45) is -2.34. The molecular formula is C9H10ClF3N4. The maximum atomic E-state index is 12.3. The van der Waals surface area contributed by atoms with E-state index in [9.17, 15) is 13.2 Å². The van der Waals surface area contributed by atoms with Gasteiger partial charge in [0.2, 0.25) is 0 Å². The lowest BCUT2D eigenvalue weighted by Crippen LogP contribution is -2.10. The average molecular weight is 267 g/mol. The van der Waals surface area contributed by atoms with Gasteiger partial charge in [-0.15, -0.1) is 0 Å². The predicted octanol–water partition coefficient (Wildman–Crippen LogP) is 2.67. The van der Waals surface area contributed by atoms with Crippen LogP contribution < -0.4 is 5.43 Å². The van der Waals surface area contributed by atoms with Gasteiger partial charge in [0, 0.05) is 20.3 Å². The molecular weight excluding hydrogens is 257 g/mol. The minimum atomic E-state index is -4.46. The van der Waals surface area contributed by atoms with E-state index in [0.29, 0.717) is 6.20 Å². The summed E-state index contributed by atoms with van der Waals surface area (Å²) < 4.78 is 36.9. The van der Waals surface area contributed by atoms with Gasteiger partial charge in [-0.25, -0.2) is 4.98 Å². The quantitative estimate of drug-likeness (QED) is 0.519. The van der Waals surface area contributed by atoms with Gasteiger partial charge in [0.15, 0.2) is 5.82 Å².